The number of aromatic nitrogens is 1. The molecule has 11 heteroatoms. The van der Waals surface area contributed by atoms with Gasteiger partial charge in [0.2, 0.25) is 5.91 Å². The van der Waals surface area contributed by atoms with E-state index in [1.807, 2.05) is 13.8 Å². The van der Waals surface area contributed by atoms with Gasteiger partial charge in [0.15, 0.2) is 0 Å². The molecule has 1 aromatic heterocycles. The second-order valence-electron chi connectivity index (χ2n) is 11.0. The second-order valence-corrected chi connectivity index (χ2v) is 11.4. The summed E-state index contributed by atoms with van der Waals surface area (Å²) in [5, 5.41) is 8.60. The standard InChI is InChI=1S/C35H30ClF3N4O3/c1-20(2)40-33(45)30(22-13-8-5-9-14-22)42-34(46)31-29(36)25-19-23(17-18-27(25)43(31)3)41-32(44)28-24(21-11-6-4-7-12-21)15-10-16-26(28)35(37,38)39/h4-20,30H,1-3H3,(H,40,45)(H,41,44)(H,42,46). The number of aryl methyl sites for hydroxylation is 1. The lowest BCUT2D eigenvalue weighted by atomic mass is 9.94. The van der Waals surface area contributed by atoms with Gasteiger partial charge < -0.3 is 20.5 Å². The first-order chi connectivity index (χ1) is 21.9. The average Bonchev–Trinajstić information content (AvgIpc) is 3.27. The Kier molecular flexibility index (Phi) is 9.20. The van der Waals surface area contributed by atoms with Gasteiger partial charge in [-0.15, -0.1) is 0 Å². The molecule has 0 saturated heterocycles. The maximum absolute atomic E-state index is 14.1. The van der Waals surface area contributed by atoms with Crippen LogP contribution < -0.4 is 16.0 Å². The number of fused-ring (bicyclic) bond motifs is 1. The van der Waals surface area contributed by atoms with Crippen LogP contribution in [0.25, 0.3) is 22.0 Å². The molecular weight excluding hydrogens is 617 g/mol. The van der Waals surface area contributed by atoms with E-state index in [9.17, 15) is 27.6 Å². The summed E-state index contributed by atoms with van der Waals surface area (Å²) in [6, 6.07) is 24.1. The zero-order valence-electron chi connectivity index (χ0n) is 25.1. The number of amides is 3. The molecule has 0 spiro atoms. The minimum atomic E-state index is -4.78. The molecule has 236 valence electrons. The molecule has 0 bridgehead atoms. The highest BCUT2D eigenvalue weighted by Gasteiger charge is 2.37. The molecule has 0 aliphatic heterocycles. The molecule has 7 nitrogen and oxygen atoms in total. The largest absolute Gasteiger partial charge is 0.417 e. The van der Waals surface area contributed by atoms with Crippen molar-refractivity contribution in [3.63, 3.8) is 0 Å². The molecule has 5 rings (SSSR count). The first-order valence-corrected chi connectivity index (χ1v) is 14.8. The van der Waals surface area contributed by atoms with Gasteiger partial charge in [-0.1, -0.05) is 84.4 Å². The highest BCUT2D eigenvalue weighted by Crippen LogP contribution is 2.38. The highest BCUT2D eigenvalue weighted by molar-refractivity contribution is 6.39. The Bertz CT molecular complexity index is 1920. The van der Waals surface area contributed by atoms with Crippen LogP contribution in [0.5, 0.6) is 0 Å². The van der Waals surface area contributed by atoms with Crippen molar-refractivity contribution < 1.29 is 27.6 Å². The second kappa shape index (κ2) is 13.1. The summed E-state index contributed by atoms with van der Waals surface area (Å²) in [6.07, 6.45) is -4.78. The van der Waals surface area contributed by atoms with Crippen LogP contribution in [0.4, 0.5) is 18.9 Å². The Morgan fingerprint density at radius 3 is 2.09 bits per heavy atom. The number of nitrogens with zero attached hydrogens (tertiary/aromatic N) is 1. The minimum Gasteiger partial charge on any atom is -0.352 e. The Hall–Kier alpha value is -5.09. The van der Waals surface area contributed by atoms with Crippen molar-refractivity contribution in [2.24, 2.45) is 7.05 Å². The predicted molar refractivity (Wildman–Crippen MR) is 173 cm³/mol. The van der Waals surface area contributed by atoms with Crippen molar-refractivity contribution in [3.05, 3.63) is 124 Å². The van der Waals surface area contributed by atoms with E-state index in [4.69, 9.17) is 11.6 Å². The molecule has 0 aliphatic rings. The van der Waals surface area contributed by atoms with E-state index in [1.54, 1.807) is 78.3 Å². The van der Waals surface area contributed by atoms with Crippen LogP contribution in [-0.4, -0.2) is 28.3 Å². The van der Waals surface area contributed by atoms with Crippen LogP contribution in [0.2, 0.25) is 5.02 Å². The fourth-order valence-electron chi connectivity index (χ4n) is 5.33. The summed E-state index contributed by atoms with van der Waals surface area (Å²) in [5.41, 5.74) is 0.316. The number of halogens is 4. The lowest BCUT2D eigenvalue weighted by Gasteiger charge is -2.20. The predicted octanol–water partition coefficient (Wildman–Crippen LogP) is 7.77. The van der Waals surface area contributed by atoms with Crippen molar-refractivity contribution >= 4 is 45.9 Å². The van der Waals surface area contributed by atoms with Crippen molar-refractivity contribution in [3.8, 4) is 11.1 Å². The zero-order valence-corrected chi connectivity index (χ0v) is 25.8. The van der Waals surface area contributed by atoms with E-state index in [1.165, 1.54) is 24.3 Å². The van der Waals surface area contributed by atoms with Crippen molar-refractivity contribution in [2.75, 3.05) is 5.32 Å². The molecule has 3 N–H and O–H groups in total. The van der Waals surface area contributed by atoms with Crippen molar-refractivity contribution in [2.45, 2.75) is 32.1 Å². The number of anilines is 1. The molecule has 0 fully saturated rings. The first kappa shape index (κ1) is 32.3. The van der Waals surface area contributed by atoms with Gasteiger partial charge >= 0.3 is 6.18 Å². The van der Waals surface area contributed by atoms with Gasteiger partial charge in [0.25, 0.3) is 11.8 Å². The number of carbonyl (C=O) groups excluding carboxylic acids is 3. The quantitative estimate of drug-likeness (QED) is 0.161. The lowest BCUT2D eigenvalue weighted by molar-refractivity contribution is -0.137. The van der Waals surface area contributed by atoms with Crippen LogP contribution >= 0.6 is 11.6 Å². The third-order valence-corrected chi connectivity index (χ3v) is 7.78. The van der Waals surface area contributed by atoms with E-state index in [2.05, 4.69) is 16.0 Å². The van der Waals surface area contributed by atoms with E-state index in [0.717, 1.165) is 6.07 Å². The van der Waals surface area contributed by atoms with E-state index >= 15 is 0 Å². The molecule has 4 aromatic carbocycles. The van der Waals surface area contributed by atoms with Crippen LogP contribution in [-0.2, 0) is 18.0 Å². The van der Waals surface area contributed by atoms with Gasteiger partial charge in [0.05, 0.1) is 21.7 Å². The molecule has 0 radical (unpaired) electrons. The molecule has 0 aliphatic carbocycles. The Morgan fingerprint density at radius 1 is 0.804 bits per heavy atom. The number of hydrogen-bond acceptors (Lipinski definition) is 3. The number of carbonyl (C=O) groups is 3. The minimum absolute atomic E-state index is 0.0443. The van der Waals surface area contributed by atoms with Crippen LogP contribution in [0, 0.1) is 0 Å². The summed E-state index contributed by atoms with van der Waals surface area (Å²) >= 11 is 6.72. The number of rotatable bonds is 8. The summed E-state index contributed by atoms with van der Waals surface area (Å²) < 4.78 is 43.8. The summed E-state index contributed by atoms with van der Waals surface area (Å²) in [7, 11) is 1.62. The maximum atomic E-state index is 14.1. The smallest absolute Gasteiger partial charge is 0.352 e. The number of benzene rings is 4. The average molecular weight is 647 g/mol. The summed E-state index contributed by atoms with van der Waals surface area (Å²) in [5.74, 6) is -1.98. The third-order valence-electron chi connectivity index (χ3n) is 7.39. The monoisotopic (exact) mass is 646 g/mol. The van der Waals surface area contributed by atoms with Crippen LogP contribution in [0.15, 0.2) is 97.1 Å². The topological polar surface area (TPSA) is 92.2 Å². The van der Waals surface area contributed by atoms with Crippen LogP contribution in [0.1, 0.15) is 51.9 Å². The van der Waals surface area contributed by atoms with E-state index in [-0.39, 0.29) is 28.0 Å². The first-order valence-electron chi connectivity index (χ1n) is 14.4. The molecule has 1 unspecified atom stereocenters. The third kappa shape index (κ3) is 6.62. The fraction of sp³-hybridized carbons (Fsp3) is 0.171. The number of nitrogens with one attached hydrogen (secondary N) is 3. The van der Waals surface area contributed by atoms with Gasteiger partial charge in [-0.25, -0.2) is 0 Å². The normalized spacial score (nSPS) is 12.2. The maximum Gasteiger partial charge on any atom is 0.417 e. The Balaban J connectivity index is 1.49. The Morgan fingerprint density at radius 2 is 1.46 bits per heavy atom. The molecule has 5 aromatic rings. The number of hydrogen-bond donors (Lipinski definition) is 3. The van der Waals surface area contributed by atoms with Gasteiger partial charge in [0.1, 0.15) is 11.7 Å². The molecule has 46 heavy (non-hydrogen) atoms. The zero-order chi connectivity index (χ0) is 33.2. The van der Waals surface area contributed by atoms with Crippen LogP contribution in [0.3, 0.4) is 0 Å². The lowest BCUT2D eigenvalue weighted by Crippen LogP contribution is -2.43. The van der Waals surface area contributed by atoms with Crippen molar-refractivity contribution in [1.29, 1.82) is 0 Å². The Labute approximate surface area is 268 Å². The van der Waals surface area contributed by atoms with Gasteiger partial charge in [0, 0.05) is 24.2 Å². The van der Waals surface area contributed by atoms with Crippen molar-refractivity contribution in [1.82, 2.24) is 15.2 Å². The molecule has 3 amide bonds. The van der Waals surface area contributed by atoms with E-state index in [0.29, 0.717) is 22.0 Å². The molecule has 1 atom stereocenters. The SMILES string of the molecule is CC(C)NC(=O)C(NC(=O)c1c(Cl)c2cc(NC(=O)c3c(-c4ccccc4)cccc3C(F)(F)F)ccc2n1C)c1ccccc1. The fourth-order valence-corrected chi connectivity index (χ4v) is 5.69. The summed E-state index contributed by atoms with van der Waals surface area (Å²) in [6.45, 7) is 3.62. The van der Waals surface area contributed by atoms with Gasteiger partial charge in [-0.2, -0.15) is 13.2 Å². The molecular formula is C35H30ClF3N4O3. The van der Waals surface area contributed by atoms with Gasteiger partial charge in [-0.05, 0) is 54.8 Å². The van der Waals surface area contributed by atoms with E-state index < -0.39 is 41.1 Å². The summed E-state index contributed by atoms with van der Waals surface area (Å²) in [4.78, 5) is 40.2. The van der Waals surface area contributed by atoms with Gasteiger partial charge in [-0.3, -0.25) is 14.4 Å². The number of alkyl halides is 3. The molecule has 1 heterocycles. The molecule has 0 saturated carbocycles. The highest BCUT2D eigenvalue weighted by atomic mass is 35.5.